The minimum atomic E-state index is -3.58. The van der Waals surface area contributed by atoms with Crippen LogP contribution in [0.3, 0.4) is 0 Å². The molecule has 0 radical (unpaired) electrons. The molecule has 0 fully saturated rings. The summed E-state index contributed by atoms with van der Waals surface area (Å²) in [5.74, 6) is 0.879. The maximum Gasteiger partial charge on any atom is 0.242 e. The summed E-state index contributed by atoms with van der Waals surface area (Å²) in [5, 5.41) is 2.78. The fraction of sp³-hybridized carbons (Fsp3) is 0.357. The van der Waals surface area contributed by atoms with E-state index in [-0.39, 0.29) is 4.90 Å². The van der Waals surface area contributed by atoms with Crippen LogP contribution in [0.25, 0.3) is 0 Å². The lowest BCUT2D eigenvalue weighted by Crippen LogP contribution is -2.29. The number of rotatable bonds is 7. The second kappa shape index (κ2) is 7.08. The minimum Gasteiger partial charge on any atom is -0.493 e. The summed E-state index contributed by atoms with van der Waals surface area (Å²) in [7, 11) is 0.959. The van der Waals surface area contributed by atoms with E-state index in [1.165, 1.54) is 42.0 Å². The molecule has 2 rings (SSSR count). The van der Waals surface area contributed by atoms with Gasteiger partial charge in [-0.25, -0.2) is 17.7 Å². The molecular formula is C14H18N2O4S2. The lowest BCUT2D eigenvalue weighted by molar-refractivity contribution is 0.353. The molecule has 22 heavy (non-hydrogen) atoms. The van der Waals surface area contributed by atoms with E-state index in [1.54, 1.807) is 19.3 Å². The topological polar surface area (TPSA) is 68.7 Å². The number of methoxy groups -OCH3 is 2. The predicted molar refractivity (Wildman–Crippen MR) is 85.2 cm³/mol. The first-order valence-electron chi connectivity index (χ1n) is 6.55. The average molecular weight is 342 g/mol. The van der Waals surface area contributed by atoms with Crippen LogP contribution in [0.15, 0.2) is 34.7 Å². The monoisotopic (exact) mass is 342 g/mol. The highest BCUT2D eigenvalue weighted by atomic mass is 32.2. The van der Waals surface area contributed by atoms with Gasteiger partial charge in [0.2, 0.25) is 10.0 Å². The molecule has 8 heteroatoms. The summed E-state index contributed by atoms with van der Waals surface area (Å²) < 4.78 is 36.7. The van der Waals surface area contributed by atoms with Gasteiger partial charge in [-0.2, -0.15) is 0 Å². The van der Waals surface area contributed by atoms with Gasteiger partial charge in [0.15, 0.2) is 11.5 Å². The van der Waals surface area contributed by atoms with E-state index in [0.29, 0.717) is 24.5 Å². The molecule has 1 aromatic heterocycles. The van der Waals surface area contributed by atoms with Gasteiger partial charge in [0.25, 0.3) is 0 Å². The summed E-state index contributed by atoms with van der Waals surface area (Å²) >= 11 is 1.51. The molecule has 1 aromatic carbocycles. The van der Waals surface area contributed by atoms with Crippen LogP contribution in [-0.4, -0.2) is 45.5 Å². The number of ether oxygens (including phenoxy) is 2. The predicted octanol–water partition coefficient (Wildman–Crippen LogP) is 2.02. The smallest absolute Gasteiger partial charge is 0.242 e. The van der Waals surface area contributed by atoms with Gasteiger partial charge in [-0.05, 0) is 12.1 Å². The van der Waals surface area contributed by atoms with Gasteiger partial charge in [0, 0.05) is 37.7 Å². The van der Waals surface area contributed by atoms with Crippen LogP contribution in [0, 0.1) is 0 Å². The number of hydrogen-bond acceptors (Lipinski definition) is 6. The van der Waals surface area contributed by atoms with Crippen LogP contribution in [-0.2, 0) is 16.4 Å². The summed E-state index contributed by atoms with van der Waals surface area (Å²) in [6.45, 7) is 0.365. The van der Waals surface area contributed by atoms with Crippen LogP contribution in [0.2, 0.25) is 0 Å². The minimum absolute atomic E-state index is 0.173. The number of nitrogens with zero attached hydrogens (tertiary/aromatic N) is 2. The fourth-order valence-electron chi connectivity index (χ4n) is 1.91. The largest absolute Gasteiger partial charge is 0.493 e. The highest BCUT2D eigenvalue weighted by Crippen LogP contribution is 2.30. The number of aromatic nitrogens is 1. The number of sulfonamides is 1. The molecule has 0 atom stereocenters. The Morgan fingerprint density at radius 2 is 1.95 bits per heavy atom. The third kappa shape index (κ3) is 3.57. The van der Waals surface area contributed by atoms with Crippen LogP contribution < -0.4 is 9.47 Å². The van der Waals surface area contributed by atoms with E-state index in [2.05, 4.69) is 4.98 Å². The van der Waals surface area contributed by atoms with Crippen molar-refractivity contribution in [3.05, 3.63) is 34.8 Å². The molecule has 0 bridgehead atoms. The van der Waals surface area contributed by atoms with Crippen molar-refractivity contribution < 1.29 is 17.9 Å². The van der Waals surface area contributed by atoms with Gasteiger partial charge in [-0.1, -0.05) is 0 Å². The van der Waals surface area contributed by atoms with E-state index < -0.39 is 10.0 Å². The normalized spacial score (nSPS) is 11.6. The van der Waals surface area contributed by atoms with E-state index in [9.17, 15) is 8.42 Å². The third-order valence-electron chi connectivity index (χ3n) is 3.19. The number of hydrogen-bond donors (Lipinski definition) is 0. The van der Waals surface area contributed by atoms with Crippen molar-refractivity contribution in [1.29, 1.82) is 0 Å². The van der Waals surface area contributed by atoms with Gasteiger partial charge in [-0.15, -0.1) is 11.3 Å². The Morgan fingerprint density at radius 3 is 2.55 bits per heavy atom. The molecule has 0 aliphatic heterocycles. The molecule has 0 spiro atoms. The van der Waals surface area contributed by atoms with Gasteiger partial charge in [-0.3, -0.25) is 0 Å². The molecule has 0 aliphatic carbocycles. The van der Waals surface area contributed by atoms with E-state index in [0.717, 1.165) is 5.01 Å². The molecule has 2 aromatic rings. The summed E-state index contributed by atoms with van der Waals surface area (Å²) in [4.78, 5) is 4.33. The van der Waals surface area contributed by atoms with Crippen molar-refractivity contribution in [3.63, 3.8) is 0 Å². The fourth-order valence-corrected chi connectivity index (χ4v) is 3.70. The second-order valence-electron chi connectivity index (χ2n) is 4.52. The van der Waals surface area contributed by atoms with Crippen molar-refractivity contribution in [2.75, 3.05) is 27.8 Å². The molecule has 6 nitrogen and oxygen atoms in total. The van der Waals surface area contributed by atoms with Crippen molar-refractivity contribution in [1.82, 2.24) is 9.29 Å². The maximum absolute atomic E-state index is 12.6. The zero-order chi connectivity index (χ0) is 16.2. The van der Waals surface area contributed by atoms with E-state index >= 15 is 0 Å². The second-order valence-corrected chi connectivity index (χ2v) is 7.54. The van der Waals surface area contributed by atoms with Crippen molar-refractivity contribution in [2.24, 2.45) is 0 Å². The van der Waals surface area contributed by atoms with Crippen LogP contribution in [0.4, 0.5) is 0 Å². The summed E-state index contributed by atoms with van der Waals surface area (Å²) in [5.41, 5.74) is 0. The number of likely N-dealkylation sites (N-methyl/N-ethyl adjacent to an activating group) is 1. The van der Waals surface area contributed by atoms with Crippen molar-refractivity contribution in [3.8, 4) is 11.5 Å². The first kappa shape index (κ1) is 16.7. The first-order valence-corrected chi connectivity index (χ1v) is 8.87. The maximum atomic E-state index is 12.6. The van der Waals surface area contributed by atoms with Gasteiger partial charge >= 0.3 is 0 Å². The van der Waals surface area contributed by atoms with Gasteiger partial charge in [0.1, 0.15) is 0 Å². The molecule has 0 N–H and O–H groups in total. The lowest BCUT2D eigenvalue weighted by atomic mass is 10.3. The van der Waals surface area contributed by atoms with Crippen LogP contribution in [0.5, 0.6) is 11.5 Å². The van der Waals surface area contributed by atoms with E-state index in [1.807, 2.05) is 5.38 Å². The highest BCUT2D eigenvalue weighted by molar-refractivity contribution is 7.89. The average Bonchev–Trinajstić information content (AvgIpc) is 3.05. The third-order valence-corrected chi connectivity index (χ3v) is 5.88. The first-order chi connectivity index (χ1) is 10.5. The molecule has 1 heterocycles. The molecule has 120 valence electrons. The Morgan fingerprint density at radius 1 is 1.23 bits per heavy atom. The highest BCUT2D eigenvalue weighted by Gasteiger charge is 2.22. The Balaban J connectivity index is 2.18. The molecule has 0 aliphatic rings. The van der Waals surface area contributed by atoms with Crippen LogP contribution >= 0.6 is 11.3 Å². The summed E-state index contributed by atoms with van der Waals surface area (Å²) in [6.07, 6.45) is 2.30. The zero-order valence-corrected chi connectivity index (χ0v) is 14.3. The Labute approximate surface area is 134 Å². The van der Waals surface area contributed by atoms with E-state index in [4.69, 9.17) is 9.47 Å². The standard InChI is InChI=1S/C14H18N2O4S2/c1-16(8-6-14-15-7-9-21-14)22(17,18)11-4-5-12(19-2)13(10-11)20-3/h4-5,7,9-10H,6,8H2,1-3H3. The van der Waals surface area contributed by atoms with Crippen molar-refractivity contribution in [2.45, 2.75) is 11.3 Å². The summed E-state index contributed by atoms with van der Waals surface area (Å²) in [6, 6.07) is 4.56. The van der Waals surface area contributed by atoms with Crippen LogP contribution in [0.1, 0.15) is 5.01 Å². The van der Waals surface area contributed by atoms with Gasteiger partial charge < -0.3 is 9.47 Å². The molecule has 0 unspecified atom stereocenters. The zero-order valence-electron chi connectivity index (χ0n) is 12.6. The Hall–Kier alpha value is -1.64. The quantitative estimate of drug-likeness (QED) is 0.770. The molecule has 0 saturated heterocycles. The SMILES string of the molecule is COc1ccc(S(=O)(=O)N(C)CCc2nccs2)cc1OC. The van der Waals surface area contributed by atoms with Gasteiger partial charge in [0.05, 0.1) is 24.1 Å². The molecule has 0 saturated carbocycles. The Kier molecular flexibility index (Phi) is 5.38. The molecular weight excluding hydrogens is 324 g/mol. The van der Waals surface area contributed by atoms with Crippen molar-refractivity contribution >= 4 is 21.4 Å². The number of thiazole rings is 1. The number of benzene rings is 1. The Bertz CT molecular complexity index is 714. The molecule has 0 amide bonds. The lowest BCUT2D eigenvalue weighted by Gasteiger charge is -2.17.